The Morgan fingerprint density at radius 1 is 0.403 bits per heavy atom. The van der Waals surface area contributed by atoms with Gasteiger partial charge in [-0.05, 0) is 152 Å². The quantitative estimate of drug-likeness (QED) is 0.0386. The number of piperidine rings is 5. The Bertz CT molecular complexity index is 6680. The summed E-state index contributed by atoms with van der Waals surface area (Å²) < 4.78 is 57.6. The number of benzene rings is 5. The molecule has 11 aromatic rings. The zero-order valence-electron chi connectivity index (χ0n) is 81.1. The van der Waals surface area contributed by atoms with Crippen molar-refractivity contribution in [3.63, 3.8) is 0 Å². The highest BCUT2D eigenvalue weighted by Gasteiger charge is 2.45. The second-order valence-corrected chi connectivity index (χ2v) is 43.8. The average molecular weight is 2040 g/mol. The van der Waals surface area contributed by atoms with Crippen LogP contribution in [0.4, 0.5) is 77.7 Å². The lowest BCUT2D eigenvalue weighted by atomic mass is 9.78. The van der Waals surface area contributed by atoms with Gasteiger partial charge in [0.1, 0.15) is 59.4 Å². The van der Waals surface area contributed by atoms with Gasteiger partial charge >= 0.3 is 6.29 Å². The van der Waals surface area contributed by atoms with Gasteiger partial charge in [-0.15, -0.1) is 8.78 Å². The van der Waals surface area contributed by atoms with Crippen molar-refractivity contribution in [1.29, 1.82) is 0 Å². The lowest BCUT2D eigenvalue weighted by Crippen LogP contribution is -2.44. The fraction of sp³-hybridized carbons (Fsp3) is 0.455. The summed E-state index contributed by atoms with van der Waals surface area (Å²) in [5, 5.41) is 2.06. The highest BCUT2D eigenvalue weighted by atomic mass is 35.5. The van der Waals surface area contributed by atoms with Gasteiger partial charge in [-0.3, -0.25) is 51.8 Å². The number of fused-ring (bicyclic) bond motifs is 2. The molecule has 5 saturated heterocycles. The number of alkyl halides is 2. The lowest BCUT2D eigenvalue weighted by molar-refractivity contribution is -0.287. The molecule has 6 aromatic heterocycles. The van der Waals surface area contributed by atoms with Crippen LogP contribution in [0.15, 0.2) is 194 Å². The van der Waals surface area contributed by atoms with Gasteiger partial charge in [0, 0.05) is 137 Å². The topological polar surface area (TPSA) is 382 Å². The Morgan fingerprint density at radius 3 is 1.09 bits per heavy atom. The molecule has 0 spiro atoms. The summed E-state index contributed by atoms with van der Waals surface area (Å²) in [4.78, 5) is 111. The van der Waals surface area contributed by atoms with Crippen LogP contribution in [-0.2, 0) is 35.2 Å². The second kappa shape index (κ2) is 44.5. The molecule has 0 unspecified atom stereocenters. The number of halogens is 5. The molecule has 0 radical (unpaired) electrons. The molecule has 742 valence electrons. The summed E-state index contributed by atoms with van der Waals surface area (Å²) in [6, 6.07) is 33.0. The smallest absolute Gasteiger partial charge is 0.395 e. The van der Waals surface area contributed by atoms with E-state index in [-0.39, 0.29) is 89.4 Å². The fourth-order valence-electron chi connectivity index (χ4n) is 17.1. The molecule has 12 heterocycles. The number of para-hydroxylation sites is 3. The summed E-state index contributed by atoms with van der Waals surface area (Å²) in [6.45, 7) is 36.7. The van der Waals surface area contributed by atoms with E-state index in [0.717, 1.165) is 193 Å². The first kappa shape index (κ1) is 105. The Balaban J connectivity index is 0.000000147. The molecule has 0 amide bonds. The second-order valence-electron chi connectivity index (χ2n) is 37.7. The monoisotopic (exact) mass is 2030 g/mol. The predicted molar refractivity (Wildman–Crippen MR) is 558 cm³/mol. The van der Waals surface area contributed by atoms with E-state index in [0.29, 0.717) is 103 Å². The number of hydrogen-bond donors (Lipinski definition) is 6. The number of nitrogens with zero attached hydrogens (tertiary/aromatic N) is 17. The Labute approximate surface area is 839 Å². The third-order valence-corrected chi connectivity index (χ3v) is 34.6. The largest absolute Gasteiger partial charge is 0.586 e. The number of hydrogen-bond acceptors (Lipinski definition) is 29. The van der Waals surface area contributed by atoms with Crippen LogP contribution in [-0.4, -0.2) is 131 Å². The highest BCUT2D eigenvalue weighted by molar-refractivity contribution is 8.00. The van der Waals surface area contributed by atoms with Crippen LogP contribution < -0.4 is 96.2 Å². The highest BCUT2D eigenvalue weighted by Crippen LogP contribution is 2.50. The minimum absolute atomic E-state index is 0.0604. The van der Waals surface area contributed by atoms with Crippen molar-refractivity contribution in [1.82, 2.24) is 52.7 Å². The molecule has 5 aromatic carbocycles. The maximum absolute atomic E-state index is 13.9. The van der Waals surface area contributed by atoms with Gasteiger partial charge in [-0.25, -0.2) is 9.24 Å². The van der Waals surface area contributed by atoms with Crippen molar-refractivity contribution in [2.75, 3.05) is 125 Å². The van der Waals surface area contributed by atoms with Gasteiger partial charge in [0.2, 0.25) is 35.4 Å². The number of ether oxygens (including phenoxy) is 2. The van der Waals surface area contributed by atoms with Crippen molar-refractivity contribution < 1.29 is 22.6 Å². The van der Waals surface area contributed by atoms with Crippen molar-refractivity contribution >= 4 is 157 Å². The van der Waals surface area contributed by atoms with Crippen molar-refractivity contribution in [2.45, 2.75) is 207 Å². The first-order valence-electron chi connectivity index (χ1n) is 46.6. The zero-order valence-corrected chi connectivity index (χ0v) is 86.7. The normalized spacial score (nSPS) is 17.0. The molecule has 40 heteroatoms. The number of aromatic nitrogens is 11. The maximum atomic E-state index is 13.9. The van der Waals surface area contributed by atoms with Gasteiger partial charge in [0.15, 0.2) is 11.5 Å². The van der Waals surface area contributed by atoms with Gasteiger partial charge in [-0.2, -0.15) is 24.9 Å². The first-order valence-corrected chi connectivity index (χ1v) is 51.4. The van der Waals surface area contributed by atoms with Gasteiger partial charge in [-0.1, -0.05) is 231 Å². The molecule has 5 fully saturated rings. The van der Waals surface area contributed by atoms with Gasteiger partial charge in [0.05, 0.1) is 22.0 Å². The molecule has 0 aliphatic carbocycles. The van der Waals surface area contributed by atoms with Crippen LogP contribution in [0.3, 0.4) is 0 Å². The van der Waals surface area contributed by atoms with E-state index in [2.05, 4.69) is 131 Å². The summed E-state index contributed by atoms with van der Waals surface area (Å²) in [6.07, 6.45) is 13.0. The molecule has 12 N–H and O–H groups in total. The molecular weight excluding hydrogens is 1910 g/mol. The molecule has 30 nitrogen and oxygen atoms in total. The van der Waals surface area contributed by atoms with E-state index in [1.54, 1.807) is 116 Å². The van der Waals surface area contributed by atoms with E-state index in [1.165, 1.54) is 63.0 Å². The lowest BCUT2D eigenvalue weighted by Gasteiger charge is -2.39. The number of rotatable bonds is 20. The summed E-state index contributed by atoms with van der Waals surface area (Å²) in [5.74, 6) is 3.30. The van der Waals surface area contributed by atoms with Crippen molar-refractivity contribution in [2.24, 2.45) is 68.0 Å². The zero-order chi connectivity index (χ0) is 101. The number of nitrogen functional groups attached to an aromatic ring is 5. The molecule has 6 aliphatic heterocycles. The van der Waals surface area contributed by atoms with Crippen LogP contribution in [0.1, 0.15) is 152 Å². The van der Waals surface area contributed by atoms with E-state index in [9.17, 15) is 37.1 Å². The maximum Gasteiger partial charge on any atom is 0.586 e. The van der Waals surface area contributed by atoms with Crippen LogP contribution in [0.5, 0.6) is 11.5 Å². The molecule has 0 saturated carbocycles. The Hall–Kier alpha value is -10.9. The molecule has 0 bridgehead atoms. The van der Waals surface area contributed by atoms with Crippen LogP contribution in [0, 0.1) is 39.5 Å². The molecule has 6 aliphatic rings. The minimum atomic E-state index is -3.74. The summed E-state index contributed by atoms with van der Waals surface area (Å²) in [7, 11) is 8.58. The summed E-state index contributed by atoms with van der Waals surface area (Å²) in [5.41, 5.74) is 38.5. The molecule has 17 rings (SSSR count). The Kier molecular flexibility index (Phi) is 33.7. The predicted octanol–water partition coefficient (Wildman–Crippen LogP) is 19.1. The van der Waals surface area contributed by atoms with E-state index >= 15 is 0 Å². The van der Waals surface area contributed by atoms with E-state index in [4.69, 9.17) is 64.2 Å². The van der Waals surface area contributed by atoms with Crippen molar-refractivity contribution in [3.8, 4) is 11.5 Å². The van der Waals surface area contributed by atoms with E-state index in [1.807, 2.05) is 42.5 Å². The SMILES string of the molecule is CCC1(C)CCN(c2nc(N)c(Sc3ccc(Cl)cc3Cl)c(=O)n2C)CC1.CCC1(C)CCN(c2nc(N)c(Sc3cccc4c3OC(F)(F)O4)c(=O)n2C)CC1.CCC1(C)CCN(c2nc(N)c(Sc3cccc4cccnc34)c(=O)n2C)CC1.Cn1c(N2CCC(C)(CN)CC2)nc(N)c(Sc2ccccc2F)c1=O.[C-]#[N+]c1ccccc1Sc1c(N)nc(N2CCC(C)(CC)CC2)n(C)c1=O. The van der Waals surface area contributed by atoms with Gasteiger partial charge in [0.25, 0.3) is 27.8 Å². The number of pyridine rings is 1. The van der Waals surface area contributed by atoms with Crippen LogP contribution >= 0.6 is 82.0 Å². The summed E-state index contributed by atoms with van der Waals surface area (Å²) >= 11 is 17.9. The molecule has 139 heavy (non-hydrogen) atoms. The first-order chi connectivity index (χ1) is 66.0. The number of nitrogens with two attached hydrogens (primary N) is 6. The third-order valence-electron chi connectivity index (χ3n) is 28.2. The van der Waals surface area contributed by atoms with Crippen LogP contribution in [0.2, 0.25) is 10.0 Å². The van der Waals surface area contributed by atoms with E-state index < -0.39 is 6.29 Å². The Morgan fingerprint density at radius 2 is 0.719 bits per heavy atom. The average Bonchev–Trinajstić information content (AvgIpc) is 1.77. The van der Waals surface area contributed by atoms with Crippen molar-refractivity contribution in [3.05, 3.63) is 201 Å². The van der Waals surface area contributed by atoms with Gasteiger partial charge < -0.3 is 68.4 Å². The molecular formula is C99H124Cl2F3N23O7S5. The standard InChI is InChI=1S/C22H27N5OS.C20H24F2N4O3S.C20H25N5OS.C19H24Cl2N4OS.C18H24FN5OS/c1-4-22(2)10-13-27(14-11-22)21-25-19(23)18(20(28)26(21)3)29-16-9-5-7-15-8-6-12-24-17(15)16;1-4-19(2)8-10-26(11-9-19)18-24-16(23)15(17(27)25(18)3)30-13-7-5-6-12-14(13)29-20(21,22)28-12;1-5-20(2)10-12-25(13-11-20)19-23-17(21)16(18(26)24(19)4)27-15-9-7-6-8-14(15)22-3;1-4-19(2)7-9-25(10-8-19)18-23-16(22)15(17(26)24(18)3)27-14-6-5-12(20)11-13(14)21;1-18(11-20)7-9-24(10-8-18)17-22-15(21)14(16(25)23(17)2)26-13-6-4-3-5-12(13)19/h5-9,12H,4,10-11,13-14,23H2,1-3H3;5-7H,4,8-11,23H2,1-3H3;6-9H,5,10-13,21H2,1-2,4H3;5-6,11H,4,7-10,22H2,1-3H3;3-6H,7-11,20-21H2,1-2H3. The molecule has 0 atom stereocenters. The van der Waals surface area contributed by atoms with Crippen LogP contribution in [0.25, 0.3) is 15.7 Å². The number of anilines is 10. The third kappa shape index (κ3) is 24.3. The minimum Gasteiger partial charge on any atom is -0.395 e. The fourth-order valence-corrected chi connectivity index (χ4v) is 22.4.